The first-order chi connectivity index (χ1) is 10.1. The number of phenols is 1. The summed E-state index contributed by atoms with van der Waals surface area (Å²) in [6.45, 7) is 0. The van der Waals surface area contributed by atoms with Crippen molar-refractivity contribution in [1.29, 1.82) is 0 Å². The lowest BCUT2D eigenvalue weighted by atomic mass is 10.1. The monoisotopic (exact) mass is 318 g/mol. The molecule has 0 saturated heterocycles. The Labute approximate surface area is 132 Å². The van der Waals surface area contributed by atoms with E-state index in [-0.39, 0.29) is 16.6 Å². The lowest BCUT2D eigenvalue weighted by Gasteiger charge is -2.02. The molecule has 21 heavy (non-hydrogen) atoms. The van der Waals surface area contributed by atoms with Crippen molar-refractivity contribution < 1.29 is 9.90 Å². The largest absolute Gasteiger partial charge is 0.506 e. The molecule has 2 rings (SSSR count). The first-order valence-electron chi connectivity index (χ1n) is 6.19. The molecule has 0 bridgehead atoms. The van der Waals surface area contributed by atoms with Gasteiger partial charge in [0.15, 0.2) is 5.78 Å². The van der Waals surface area contributed by atoms with Crippen LogP contribution in [0.2, 0.25) is 10.0 Å². The molecular weight excluding hydrogens is 307 g/mol. The molecule has 4 heteroatoms. The first-order valence-corrected chi connectivity index (χ1v) is 6.95. The summed E-state index contributed by atoms with van der Waals surface area (Å²) in [5, 5.41) is 10.3. The van der Waals surface area contributed by atoms with Crippen LogP contribution in [-0.4, -0.2) is 10.9 Å². The molecule has 2 aromatic carbocycles. The van der Waals surface area contributed by atoms with Gasteiger partial charge in [-0.05, 0) is 35.9 Å². The molecular formula is C17H12Cl2O2. The van der Waals surface area contributed by atoms with Crippen LogP contribution in [-0.2, 0) is 4.79 Å². The van der Waals surface area contributed by atoms with Crippen molar-refractivity contribution >= 4 is 41.1 Å². The number of carbonyl (C=O) groups excluding carboxylic acids is 1. The predicted octanol–water partition coefficient (Wildman–Crippen LogP) is 4.99. The van der Waals surface area contributed by atoms with E-state index >= 15 is 0 Å². The van der Waals surface area contributed by atoms with Crippen molar-refractivity contribution in [2.24, 2.45) is 0 Å². The molecule has 0 spiro atoms. The van der Waals surface area contributed by atoms with Crippen molar-refractivity contribution in [2.75, 3.05) is 0 Å². The Hall–Kier alpha value is -2.03. The van der Waals surface area contributed by atoms with Gasteiger partial charge in [-0.25, -0.2) is 0 Å². The summed E-state index contributed by atoms with van der Waals surface area (Å²) >= 11 is 11.7. The number of ketones is 1. The van der Waals surface area contributed by atoms with Gasteiger partial charge in [0.05, 0.1) is 5.02 Å². The van der Waals surface area contributed by atoms with Crippen LogP contribution in [0.15, 0.2) is 54.6 Å². The number of allylic oxidation sites excluding steroid dienone is 2. The summed E-state index contributed by atoms with van der Waals surface area (Å²) in [6.07, 6.45) is 6.00. The average Bonchev–Trinajstić information content (AvgIpc) is 2.48. The second-order valence-electron chi connectivity index (χ2n) is 4.31. The van der Waals surface area contributed by atoms with Gasteiger partial charge >= 0.3 is 0 Å². The van der Waals surface area contributed by atoms with Gasteiger partial charge in [-0.1, -0.05) is 59.6 Å². The molecule has 0 radical (unpaired) electrons. The predicted molar refractivity (Wildman–Crippen MR) is 87.6 cm³/mol. The summed E-state index contributed by atoms with van der Waals surface area (Å²) < 4.78 is 0. The highest BCUT2D eigenvalue weighted by molar-refractivity contribution is 6.35. The number of aromatic hydroxyl groups is 1. The van der Waals surface area contributed by atoms with Gasteiger partial charge in [-0.3, -0.25) is 4.79 Å². The maximum Gasteiger partial charge on any atom is 0.178 e. The second-order valence-corrected chi connectivity index (χ2v) is 5.15. The smallest absolute Gasteiger partial charge is 0.178 e. The standard InChI is InChI=1S/C17H12Cl2O2/c18-14-10-13(17(21)16(19)11-14)7-9-15(20)8-6-12-4-2-1-3-5-12/h1-11,21H/b8-6+,9-7+. The molecule has 0 saturated carbocycles. The zero-order valence-electron chi connectivity index (χ0n) is 11.0. The summed E-state index contributed by atoms with van der Waals surface area (Å²) in [5.74, 6) is -0.300. The average molecular weight is 319 g/mol. The normalized spacial score (nSPS) is 11.3. The van der Waals surface area contributed by atoms with E-state index in [0.717, 1.165) is 5.56 Å². The van der Waals surface area contributed by atoms with Gasteiger partial charge in [-0.2, -0.15) is 0 Å². The van der Waals surface area contributed by atoms with E-state index in [1.807, 2.05) is 30.3 Å². The molecule has 0 unspecified atom stereocenters. The molecule has 0 fully saturated rings. The van der Waals surface area contributed by atoms with Crippen molar-refractivity contribution in [3.63, 3.8) is 0 Å². The molecule has 0 atom stereocenters. The fourth-order valence-electron chi connectivity index (χ4n) is 1.68. The third-order valence-electron chi connectivity index (χ3n) is 2.72. The minimum atomic E-state index is -0.200. The van der Waals surface area contributed by atoms with Crippen LogP contribution in [0.3, 0.4) is 0 Å². The highest BCUT2D eigenvalue weighted by Gasteiger charge is 2.05. The van der Waals surface area contributed by atoms with Crippen LogP contribution in [0.4, 0.5) is 0 Å². The molecule has 2 nitrogen and oxygen atoms in total. The number of hydrogen-bond acceptors (Lipinski definition) is 2. The zero-order chi connectivity index (χ0) is 15.2. The number of hydrogen-bond donors (Lipinski definition) is 1. The number of halogens is 2. The Bertz CT molecular complexity index is 704. The molecule has 0 aliphatic rings. The van der Waals surface area contributed by atoms with E-state index in [9.17, 15) is 9.90 Å². The number of rotatable bonds is 4. The van der Waals surface area contributed by atoms with Crippen LogP contribution >= 0.6 is 23.2 Å². The van der Waals surface area contributed by atoms with E-state index in [1.54, 1.807) is 6.08 Å². The van der Waals surface area contributed by atoms with E-state index in [4.69, 9.17) is 23.2 Å². The van der Waals surface area contributed by atoms with Crippen molar-refractivity contribution in [2.45, 2.75) is 0 Å². The van der Waals surface area contributed by atoms with E-state index in [1.165, 1.54) is 30.4 Å². The highest BCUT2D eigenvalue weighted by Crippen LogP contribution is 2.31. The van der Waals surface area contributed by atoms with E-state index < -0.39 is 0 Å². The highest BCUT2D eigenvalue weighted by atomic mass is 35.5. The fourth-order valence-corrected chi connectivity index (χ4v) is 2.19. The molecule has 0 amide bonds. The Morgan fingerprint density at radius 2 is 1.67 bits per heavy atom. The molecule has 0 aliphatic carbocycles. The summed E-state index contributed by atoms with van der Waals surface area (Å²) in [5.41, 5.74) is 1.34. The summed E-state index contributed by atoms with van der Waals surface area (Å²) in [4.78, 5) is 11.7. The van der Waals surface area contributed by atoms with Gasteiger partial charge in [0, 0.05) is 10.6 Å². The molecule has 0 aromatic heterocycles. The van der Waals surface area contributed by atoms with Crippen LogP contribution in [0.25, 0.3) is 12.2 Å². The Kier molecular flexibility index (Phi) is 5.20. The number of benzene rings is 2. The quantitative estimate of drug-likeness (QED) is 0.806. The Morgan fingerprint density at radius 1 is 1.00 bits per heavy atom. The molecule has 2 aromatic rings. The number of phenolic OH excluding ortho intramolecular Hbond substituents is 1. The lowest BCUT2D eigenvalue weighted by Crippen LogP contribution is -1.85. The Morgan fingerprint density at radius 3 is 2.38 bits per heavy atom. The maximum absolute atomic E-state index is 11.7. The van der Waals surface area contributed by atoms with Crippen molar-refractivity contribution in [3.8, 4) is 5.75 Å². The zero-order valence-corrected chi connectivity index (χ0v) is 12.5. The SMILES string of the molecule is O=C(/C=C/c1ccccc1)/C=C/c1cc(Cl)cc(Cl)c1O. The molecule has 106 valence electrons. The second kappa shape index (κ2) is 7.11. The van der Waals surface area contributed by atoms with Crippen LogP contribution in [0.5, 0.6) is 5.75 Å². The molecule has 1 N–H and O–H groups in total. The van der Waals surface area contributed by atoms with Crippen molar-refractivity contribution in [3.05, 3.63) is 75.8 Å². The third kappa shape index (κ3) is 4.48. The van der Waals surface area contributed by atoms with Crippen molar-refractivity contribution in [1.82, 2.24) is 0 Å². The third-order valence-corrected chi connectivity index (χ3v) is 3.23. The van der Waals surface area contributed by atoms with Crippen LogP contribution in [0.1, 0.15) is 11.1 Å². The molecule has 0 aliphatic heterocycles. The van der Waals surface area contributed by atoms with Gasteiger partial charge in [0.2, 0.25) is 0 Å². The van der Waals surface area contributed by atoms with Gasteiger partial charge in [0.1, 0.15) is 5.75 Å². The fraction of sp³-hybridized carbons (Fsp3) is 0. The maximum atomic E-state index is 11.7. The summed E-state index contributed by atoms with van der Waals surface area (Å²) in [6, 6.07) is 12.5. The minimum absolute atomic E-state index is 0.0999. The van der Waals surface area contributed by atoms with Crippen LogP contribution in [0, 0.1) is 0 Å². The van der Waals surface area contributed by atoms with E-state index in [2.05, 4.69) is 0 Å². The lowest BCUT2D eigenvalue weighted by molar-refractivity contribution is -0.110. The topological polar surface area (TPSA) is 37.3 Å². The van der Waals surface area contributed by atoms with Crippen LogP contribution < -0.4 is 0 Å². The van der Waals surface area contributed by atoms with Gasteiger partial charge < -0.3 is 5.11 Å². The minimum Gasteiger partial charge on any atom is -0.506 e. The number of carbonyl (C=O) groups is 1. The molecule has 0 heterocycles. The summed E-state index contributed by atoms with van der Waals surface area (Å²) in [7, 11) is 0. The van der Waals surface area contributed by atoms with Gasteiger partial charge in [0.25, 0.3) is 0 Å². The Balaban J connectivity index is 2.11. The van der Waals surface area contributed by atoms with E-state index in [0.29, 0.717) is 10.6 Å². The first kappa shape index (κ1) is 15.4. The van der Waals surface area contributed by atoms with Gasteiger partial charge in [-0.15, -0.1) is 0 Å².